The normalized spacial score (nSPS) is 21.1. The van der Waals surface area contributed by atoms with Gasteiger partial charge in [-0.05, 0) is 43.0 Å². The summed E-state index contributed by atoms with van der Waals surface area (Å²) in [5.41, 5.74) is 3.56. The molecule has 0 amide bonds. The van der Waals surface area contributed by atoms with E-state index in [1.165, 1.54) is 31.7 Å². The van der Waals surface area contributed by atoms with Crippen LogP contribution in [0.4, 0.5) is 4.39 Å². The molecule has 0 saturated heterocycles. The van der Waals surface area contributed by atoms with E-state index in [1.54, 1.807) is 18.3 Å². The van der Waals surface area contributed by atoms with Crippen LogP contribution >= 0.6 is 0 Å². The van der Waals surface area contributed by atoms with Gasteiger partial charge in [-0.2, -0.15) is 0 Å². The van der Waals surface area contributed by atoms with E-state index < -0.39 is 0 Å². The van der Waals surface area contributed by atoms with Crippen molar-refractivity contribution >= 4 is 10.9 Å². The summed E-state index contributed by atoms with van der Waals surface area (Å²) >= 11 is 0. The van der Waals surface area contributed by atoms with E-state index in [2.05, 4.69) is 24.0 Å². The molecule has 0 unspecified atom stereocenters. The minimum atomic E-state index is -0.240. The number of pyridine rings is 2. The Morgan fingerprint density at radius 3 is 2.62 bits per heavy atom. The Bertz CT molecular complexity index is 867. The van der Waals surface area contributed by atoms with Crippen molar-refractivity contribution < 1.29 is 4.39 Å². The second-order valence-electron chi connectivity index (χ2n) is 6.94. The highest BCUT2D eigenvalue weighted by molar-refractivity contribution is 5.91. The predicted molar refractivity (Wildman–Crippen MR) is 95.3 cm³/mol. The van der Waals surface area contributed by atoms with Crippen LogP contribution < -0.4 is 0 Å². The second kappa shape index (κ2) is 6.31. The van der Waals surface area contributed by atoms with Crippen molar-refractivity contribution in [2.24, 2.45) is 5.92 Å². The first kappa shape index (κ1) is 15.3. The largest absolute Gasteiger partial charge is 0.254 e. The van der Waals surface area contributed by atoms with E-state index >= 15 is 0 Å². The lowest BCUT2D eigenvalue weighted by atomic mass is 9.81. The standard InChI is InChI=1S/C21H21FN2/c1-14-7-9-15(10-8-14)19-13-17-5-3-11-23-20(17)21(24-19)16-4-2-6-18(22)12-16/h2-6,11-15H,7-10H2,1H3. The van der Waals surface area contributed by atoms with Gasteiger partial charge in [-0.15, -0.1) is 0 Å². The van der Waals surface area contributed by atoms with Gasteiger partial charge in [-0.1, -0.05) is 38.0 Å². The Hall–Kier alpha value is -2.29. The third kappa shape index (κ3) is 2.91. The molecule has 0 spiro atoms. The molecule has 1 aliphatic rings. The van der Waals surface area contributed by atoms with Gasteiger partial charge in [0.25, 0.3) is 0 Å². The highest BCUT2D eigenvalue weighted by Crippen LogP contribution is 2.37. The third-order valence-corrected chi connectivity index (χ3v) is 5.14. The lowest BCUT2D eigenvalue weighted by Gasteiger charge is -2.26. The minimum Gasteiger partial charge on any atom is -0.254 e. The van der Waals surface area contributed by atoms with E-state index in [9.17, 15) is 4.39 Å². The topological polar surface area (TPSA) is 25.8 Å². The molecule has 3 aromatic rings. The summed E-state index contributed by atoms with van der Waals surface area (Å²) in [7, 11) is 0. The van der Waals surface area contributed by atoms with Gasteiger partial charge in [0, 0.05) is 28.8 Å². The molecule has 1 saturated carbocycles. The number of rotatable bonds is 2. The molecule has 1 aromatic carbocycles. The smallest absolute Gasteiger partial charge is 0.123 e. The van der Waals surface area contributed by atoms with Gasteiger partial charge >= 0.3 is 0 Å². The first-order chi connectivity index (χ1) is 11.7. The van der Waals surface area contributed by atoms with Gasteiger partial charge in [0.05, 0.1) is 11.2 Å². The highest BCUT2D eigenvalue weighted by atomic mass is 19.1. The lowest BCUT2D eigenvalue weighted by molar-refractivity contribution is 0.344. The van der Waals surface area contributed by atoms with Crippen LogP contribution in [0.15, 0.2) is 48.7 Å². The maximum Gasteiger partial charge on any atom is 0.123 e. The van der Waals surface area contributed by atoms with Crippen LogP contribution in [0, 0.1) is 11.7 Å². The van der Waals surface area contributed by atoms with Gasteiger partial charge in [0.15, 0.2) is 0 Å². The van der Waals surface area contributed by atoms with Crippen molar-refractivity contribution in [3.05, 3.63) is 60.2 Å². The molecule has 0 bridgehead atoms. The number of fused-ring (bicyclic) bond motifs is 1. The monoisotopic (exact) mass is 320 g/mol. The third-order valence-electron chi connectivity index (χ3n) is 5.14. The molecular formula is C21H21FN2. The van der Waals surface area contributed by atoms with E-state index in [1.807, 2.05) is 12.1 Å². The average Bonchev–Trinajstić information content (AvgIpc) is 2.61. The first-order valence-electron chi connectivity index (χ1n) is 8.72. The number of nitrogens with zero attached hydrogens (tertiary/aromatic N) is 2. The zero-order valence-corrected chi connectivity index (χ0v) is 13.9. The van der Waals surface area contributed by atoms with Gasteiger partial charge in [-0.25, -0.2) is 4.39 Å². The highest BCUT2D eigenvalue weighted by Gasteiger charge is 2.22. The molecular weight excluding hydrogens is 299 g/mol. The van der Waals surface area contributed by atoms with Crippen LogP contribution in [-0.4, -0.2) is 9.97 Å². The molecule has 0 atom stereocenters. The molecule has 1 aliphatic carbocycles. The molecule has 4 rings (SSSR count). The fourth-order valence-electron chi connectivity index (χ4n) is 3.71. The van der Waals surface area contributed by atoms with E-state index in [0.29, 0.717) is 5.92 Å². The molecule has 0 aliphatic heterocycles. The number of hydrogen-bond acceptors (Lipinski definition) is 2. The van der Waals surface area contributed by atoms with Crippen LogP contribution in [0.1, 0.15) is 44.2 Å². The molecule has 2 heterocycles. The number of hydrogen-bond donors (Lipinski definition) is 0. The van der Waals surface area contributed by atoms with Crippen LogP contribution in [0.5, 0.6) is 0 Å². The van der Waals surface area contributed by atoms with Crippen molar-refractivity contribution in [3.63, 3.8) is 0 Å². The molecule has 2 nitrogen and oxygen atoms in total. The van der Waals surface area contributed by atoms with Crippen LogP contribution in [0.25, 0.3) is 22.2 Å². The Balaban J connectivity index is 1.85. The molecule has 3 heteroatoms. The average molecular weight is 320 g/mol. The van der Waals surface area contributed by atoms with Crippen molar-refractivity contribution in [3.8, 4) is 11.3 Å². The van der Waals surface area contributed by atoms with Crippen LogP contribution in [0.2, 0.25) is 0 Å². The lowest BCUT2D eigenvalue weighted by Crippen LogP contribution is -2.12. The fourth-order valence-corrected chi connectivity index (χ4v) is 3.71. The Labute approximate surface area is 141 Å². The summed E-state index contributed by atoms with van der Waals surface area (Å²) in [5.74, 6) is 1.07. The van der Waals surface area contributed by atoms with E-state index in [-0.39, 0.29) is 5.82 Å². The van der Waals surface area contributed by atoms with E-state index in [0.717, 1.165) is 33.8 Å². The maximum absolute atomic E-state index is 13.7. The summed E-state index contributed by atoms with van der Waals surface area (Å²) in [6.45, 7) is 2.33. The molecule has 2 aromatic heterocycles. The molecule has 0 radical (unpaired) electrons. The maximum atomic E-state index is 13.7. The number of halogens is 1. The second-order valence-corrected chi connectivity index (χ2v) is 6.94. The minimum absolute atomic E-state index is 0.240. The van der Waals surface area contributed by atoms with Crippen LogP contribution in [-0.2, 0) is 0 Å². The van der Waals surface area contributed by atoms with E-state index in [4.69, 9.17) is 4.98 Å². The molecule has 24 heavy (non-hydrogen) atoms. The Kier molecular flexibility index (Phi) is 4.01. The Morgan fingerprint density at radius 1 is 1.00 bits per heavy atom. The van der Waals surface area contributed by atoms with Crippen molar-refractivity contribution in [2.45, 2.75) is 38.5 Å². The summed E-state index contributed by atoms with van der Waals surface area (Å²) in [6.07, 6.45) is 6.65. The van der Waals surface area contributed by atoms with Gasteiger partial charge < -0.3 is 0 Å². The molecule has 1 fully saturated rings. The zero-order chi connectivity index (χ0) is 16.5. The summed E-state index contributed by atoms with van der Waals surface area (Å²) in [6, 6.07) is 12.8. The summed E-state index contributed by atoms with van der Waals surface area (Å²) in [5, 5.41) is 1.08. The van der Waals surface area contributed by atoms with Gasteiger partial charge in [-0.3, -0.25) is 9.97 Å². The Morgan fingerprint density at radius 2 is 1.83 bits per heavy atom. The van der Waals surface area contributed by atoms with Gasteiger partial charge in [0.1, 0.15) is 5.82 Å². The zero-order valence-electron chi connectivity index (χ0n) is 13.9. The summed E-state index contributed by atoms with van der Waals surface area (Å²) < 4.78 is 13.7. The number of benzene rings is 1. The molecule has 122 valence electrons. The summed E-state index contributed by atoms with van der Waals surface area (Å²) in [4.78, 5) is 9.43. The quantitative estimate of drug-likeness (QED) is 0.602. The SMILES string of the molecule is CC1CCC(c2cc3cccnc3c(-c3cccc(F)c3)n2)CC1. The predicted octanol–water partition coefficient (Wildman–Crippen LogP) is 5.73. The van der Waals surface area contributed by atoms with Crippen molar-refractivity contribution in [2.75, 3.05) is 0 Å². The van der Waals surface area contributed by atoms with Gasteiger partial charge in [0.2, 0.25) is 0 Å². The number of aromatic nitrogens is 2. The first-order valence-corrected chi connectivity index (χ1v) is 8.72. The van der Waals surface area contributed by atoms with Crippen molar-refractivity contribution in [1.29, 1.82) is 0 Å². The van der Waals surface area contributed by atoms with Crippen molar-refractivity contribution in [1.82, 2.24) is 9.97 Å². The fraction of sp³-hybridized carbons (Fsp3) is 0.333. The molecule has 0 N–H and O–H groups in total. The van der Waals surface area contributed by atoms with Crippen LogP contribution in [0.3, 0.4) is 0 Å².